The number of benzene rings is 1. The van der Waals surface area contributed by atoms with Crippen molar-refractivity contribution in [3.63, 3.8) is 0 Å². The standard InChI is InChI=1S/C15H17ClF5N/c16-13-11(17)6-5-10(14(13)18)12(22)7-8-1-3-9(4-2-8)15(19,20)21/h5-6,8-9,12H,1-4,7,22H2. The largest absolute Gasteiger partial charge is 0.391 e. The fraction of sp³-hybridized carbons (Fsp3) is 0.600. The van der Waals surface area contributed by atoms with E-state index in [-0.39, 0.29) is 24.3 Å². The highest BCUT2D eigenvalue weighted by atomic mass is 35.5. The topological polar surface area (TPSA) is 26.0 Å². The van der Waals surface area contributed by atoms with Crippen LogP contribution < -0.4 is 5.73 Å². The molecule has 0 aliphatic heterocycles. The van der Waals surface area contributed by atoms with Crippen LogP contribution in [-0.2, 0) is 0 Å². The van der Waals surface area contributed by atoms with Crippen LogP contribution in [0.1, 0.15) is 43.7 Å². The Bertz CT molecular complexity index is 523. The summed E-state index contributed by atoms with van der Waals surface area (Å²) >= 11 is 5.51. The summed E-state index contributed by atoms with van der Waals surface area (Å²) in [6.07, 6.45) is -2.81. The molecule has 0 heterocycles. The van der Waals surface area contributed by atoms with Gasteiger partial charge in [0.1, 0.15) is 16.7 Å². The van der Waals surface area contributed by atoms with E-state index in [4.69, 9.17) is 17.3 Å². The van der Waals surface area contributed by atoms with Gasteiger partial charge in [-0.3, -0.25) is 0 Å². The minimum absolute atomic E-state index is 0.0110. The highest BCUT2D eigenvalue weighted by Crippen LogP contribution is 2.41. The van der Waals surface area contributed by atoms with E-state index in [1.165, 1.54) is 6.07 Å². The van der Waals surface area contributed by atoms with E-state index in [0.29, 0.717) is 19.3 Å². The van der Waals surface area contributed by atoms with Crippen molar-refractivity contribution < 1.29 is 22.0 Å². The lowest BCUT2D eigenvalue weighted by atomic mass is 9.78. The van der Waals surface area contributed by atoms with Crippen LogP contribution in [0.2, 0.25) is 5.02 Å². The monoisotopic (exact) mass is 341 g/mol. The Morgan fingerprint density at radius 3 is 2.27 bits per heavy atom. The maximum atomic E-state index is 13.9. The van der Waals surface area contributed by atoms with Gasteiger partial charge in [0.05, 0.1) is 5.92 Å². The van der Waals surface area contributed by atoms with Gasteiger partial charge >= 0.3 is 6.18 Å². The third-order valence-corrected chi connectivity index (χ3v) is 4.71. The lowest BCUT2D eigenvalue weighted by molar-refractivity contribution is -0.184. The molecule has 0 amide bonds. The molecule has 0 spiro atoms. The highest BCUT2D eigenvalue weighted by molar-refractivity contribution is 6.30. The second kappa shape index (κ2) is 6.71. The Kier molecular flexibility index (Phi) is 5.33. The van der Waals surface area contributed by atoms with Crippen LogP contribution in [0.25, 0.3) is 0 Å². The normalized spacial score (nSPS) is 24.3. The maximum absolute atomic E-state index is 13.9. The van der Waals surface area contributed by atoms with Crippen LogP contribution in [0, 0.1) is 23.5 Å². The van der Waals surface area contributed by atoms with Gasteiger partial charge in [0.2, 0.25) is 0 Å². The van der Waals surface area contributed by atoms with E-state index >= 15 is 0 Å². The molecular weight excluding hydrogens is 325 g/mol. The minimum atomic E-state index is -4.15. The molecule has 1 atom stereocenters. The minimum Gasteiger partial charge on any atom is -0.324 e. The summed E-state index contributed by atoms with van der Waals surface area (Å²) in [6, 6.07) is 1.58. The molecule has 1 saturated carbocycles. The van der Waals surface area contributed by atoms with Crippen LogP contribution in [0.5, 0.6) is 0 Å². The Morgan fingerprint density at radius 2 is 1.73 bits per heavy atom. The van der Waals surface area contributed by atoms with Crippen molar-refractivity contribution >= 4 is 11.6 Å². The molecule has 124 valence electrons. The Labute approximate surface area is 130 Å². The zero-order valence-electron chi connectivity index (χ0n) is 11.8. The highest BCUT2D eigenvalue weighted by Gasteiger charge is 2.41. The van der Waals surface area contributed by atoms with Gasteiger partial charge in [0, 0.05) is 11.6 Å². The van der Waals surface area contributed by atoms with Crippen LogP contribution in [0.4, 0.5) is 22.0 Å². The Morgan fingerprint density at radius 1 is 1.14 bits per heavy atom. The van der Waals surface area contributed by atoms with Crippen molar-refractivity contribution in [2.24, 2.45) is 17.6 Å². The third kappa shape index (κ3) is 3.90. The van der Waals surface area contributed by atoms with Crippen LogP contribution in [0.3, 0.4) is 0 Å². The van der Waals surface area contributed by atoms with E-state index in [1.54, 1.807) is 0 Å². The molecule has 0 aromatic heterocycles. The molecule has 1 aliphatic carbocycles. The van der Waals surface area contributed by atoms with Gasteiger partial charge in [-0.1, -0.05) is 17.7 Å². The van der Waals surface area contributed by atoms with E-state index in [2.05, 4.69) is 0 Å². The number of hydrogen-bond acceptors (Lipinski definition) is 1. The smallest absolute Gasteiger partial charge is 0.324 e. The lowest BCUT2D eigenvalue weighted by Crippen LogP contribution is -2.29. The predicted molar refractivity (Wildman–Crippen MR) is 74.4 cm³/mol. The van der Waals surface area contributed by atoms with Crippen LogP contribution in [0.15, 0.2) is 12.1 Å². The zero-order valence-corrected chi connectivity index (χ0v) is 12.5. The first-order valence-corrected chi connectivity index (χ1v) is 7.53. The van der Waals surface area contributed by atoms with Gasteiger partial charge in [-0.05, 0) is 44.1 Å². The average molecular weight is 342 g/mol. The van der Waals surface area contributed by atoms with Gasteiger partial charge in [-0.15, -0.1) is 0 Å². The molecule has 1 nitrogen and oxygen atoms in total. The molecule has 1 aromatic rings. The molecule has 0 saturated heterocycles. The van der Waals surface area contributed by atoms with E-state index in [9.17, 15) is 22.0 Å². The first kappa shape index (κ1) is 17.5. The number of halogens is 6. The van der Waals surface area contributed by atoms with E-state index < -0.39 is 34.8 Å². The van der Waals surface area contributed by atoms with Crippen molar-refractivity contribution in [1.82, 2.24) is 0 Å². The van der Waals surface area contributed by atoms with Crippen LogP contribution in [-0.4, -0.2) is 6.18 Å². The first-order valence-electron chi connectivity index (χ1n) is 7.15. The third-order valence-electron chi connectivity index (χ3n) is 4.36. The van der Waals surface area contributed by atoms with Gasteiger partial charge in [-0.2, -0.15) is 13.2 Å². The van der Waals surface area contributed by atoms with Gasteiger partial charge in [-0.25, -0.2) is 8.78 Å². The summed E-state index contributed by atoms with van der Waals surface area (Å²) in [5, 5.41) is -0.603. The van der Waals surface area contributed by atoms with Crippen molar-refractivity contribution in [3.05, 3.63) is 34.4 Å². The molecule has 1 fully saturated rings. The summed E-state index contributed by atoms with van der Waals surface area (Å²) in [7, 11) is 0. The summed E-state index contributed by atoms with van der Waals surface area (Å²) in [5.74, 6) is -2.99. The predicted octanol–water partition coefficient (Wildman–Crippen LogP) is 5.38. The number of rotatable bonds is 3. The molecule has 1 unspecified atom stereocenters. The molecule has 22 heavy (non-hydrogen) atoms. The Balaban J connectivity index is 1.97. The number of hydrogen-bond donors (Lipinski definition) is 1. The second-order valence-electron chi connectivity index (χ2n) is 5.87. The summed E-state index contributed by atoms with van der Waals surface area (Å²) in [5.41, 5.74) is 6.02. The molecular formula is C15H17ClF5N. The van der Waals surface area contributed by atoms with Gasteiger partial charge in [0.15, 0.2) is 0 Å². The van der Waals surface area contributed by atoms with Crippen molar-refractivity contribution in [2.75, 3.05) is 0 Å². The average Bonchev–Trinajstić information content (AvgIpc) is 2.44. The fourth-order valence-electron chi connectivity index (χ4n) is 3.04. The number of alkyl halides is 3. The molecule has 0 radical (unpaired) electrons. The molecule has 0 bridgehead atoms. The van der Waals surface area contributed by atoms with Gasteiger partial charge in [0.25, 0.3) is 0 Å². The second-order valence-corrected chi connectivity index (χ2v) is 6.24. The summed E-state index contributed by atoms with van der Waals surface area (Å²) in [4.78, 5) is 0. The summed E-state index contributed by atoms with van der Waals surface area (Å²) < 4.78 is 64.8. The van der Waals surface area contributed by atoms with Gasteiger partial charge < -0.3 is 5.73 Å². The summed E-state index contributed by atoms with van der Waals surface area (Å²) in [6.45, 7) is 0. The molecule has 1 aliphatic rings. The number of nitrogens with two attached hydrogens (primary N) is 1. The Hall–Kier alpha value is -0.880. The SMILES string of the molecule is NC(CC1CCC(C(F)(F)F)CC1)c1ccc(F)c(Cl)c1F. The molecule has 2 N–H and O–H groups in total. The van der Waals surface area contributed by atoms with E-state index in [0.717, 1.165) is 6.07 Å². The van der Waals surface area contributed by atoms with Crippen molar-refractivity contribution in [2.45, 2.75) is 44.3 Å². The fourth-order valence-corrected chi connectivity index (χ4v) is 3.21. The van der Waals surface area contributed by atoms with Crippen molar-refractivity contribution in [3.8, 4) is 0 Å². The lowest BCUT2D eigenvalue weighted by Gasteiger charge is -2.31. The zero-order chi connectivity index (χ0) is 16.5. The molecule has 2 rings (SSSR count). The van der Waals surface area contributed by atoms with Crippen LogP contribution >= 0.6 is 11.6 Å². The van der Waals surface area contributed by atoms with Crippen molar-refractivity contribution in [1.29, 1.82) is 0 Å². The quantitative estimate of drug-likeness (QED) is 0.580. The maximum Gasteiger partial charge on any atom is 0.391 e. The van der Waals surface area contributed by atoms with E-state index in [1.807, 2.05) is 0 Å². The first-order chi connectivity index (χ1) is 10.2. The molecule has 7 heteroatoms. The molecule has 1 aromatic carbocycles.